The largest absolute Gasteiger partial charge is 0.336 e. The molecule has 0 unspecified atom stereocenters. The van der Waals surface area contributed by atoms with Crippen LogP contribution in [0.2, 0.25) is 10.0 Å². The molecule has 0 atom stereocenters. The number of hydrogen-bond acceptors (Lipinski definition) is 3. The zero-order valence-corrected chi connectivity index (χ0v) is 20.1. The number of carbonyl (C=O) groups excluding carboxylic acids is 1. The van der Waals surface area contributed by atoms with Gasteiger partial charge in [-0.25, -0.2) is 8.42 Å². The third kappa shape index (κ3) is 4.30. The molecule has 2 heterocycles. The first kappa shape index (κ1) is 22.9. The molecule has 1 aromatic heterocycles. The standard InChI is InChI=1S/C23H23Cl2N3O3S/c1-16-3-4-17(2)28(16)20-8-5-18(6-9-20)23(29)26-11-13-27(14-12-26)32(30,31)22-15-19(24)7-10-21(22)25/h3-10,15H,11-14H2,1-2H3. The van der Waals surface area contributed by atoms with Crippen LogP contribution in [0.4, 0.5) is 0 Å². The van der Waals surface area contributed by atoms with Gasteiger partial charge in [-0.3, -0.25) is 4.79 Å². The maximum atomic E-state index is 13.0. The SMILES string of the molecule is Cc1ccc(C)n1-c1ccc(C(=O)N2CCN(S(=O)(=O)c3cc(Cl)ccc3Cl)CC2)cc1. The number of benzene rings is 2. The maximum Gasteiger partial charge on any atom is 0.253 e. The molecule has 2 aromatic carbocycles. The topological polar surface area (TPSA) is 62.6 Å². The van der Waals surface area contributed by atoms with Gasteiger partial charge in [0.15, 0.2) is 0 Å². The highest BCUT2D eigenvalue weighted by Crippen LogP contribution is 2.28. The van der Waals surface area contributed by atoms with E-state index in [1.54, 1.807) is 11.0 Å². The number of nitrogens with zero attached hydrogens (tertiary/aromatic N) is 3. The number of sulfonamides is 1. The minimum atomic E-state index is -3.79. The van der Waals surface area contributed by atoms with Gasteiger partial charge in [0.05, 0.1) is 5.02 Å². The van der Waals surface area contributed by atoms with E-state index in [1.807, 2.05) is 38.1 Å². The predicted octanol–water partition coefficient (Wildman–Crippen LogP) is 4.55. The number of rotatable bonds is 4. The van der Waals surface area contributed by atoms with E-state index >= 15 is 0 Å². The van der Waals surface area contributed by atoms with Gasteiger partial charge < -0.3 is 9.47 Å². The lowest BCUT2D eigenvalue weighted by atomic mass is 10.1. The van der Waals surface area contributed by atoms with Crippen molar-refractivity contribution in [3.63, 3.8) is 0 Å². The molecular formula is C23H23Cl2N3O3S. The summed E-state index contributed by atoms with van der Waals surface area (Å²) in [6.45, 7) is 5.06. The first-order valence-corrected chi connectivity index (χ1v) is 12.4. The van der Waals surface area contributed by atoms with Crippen LogP contribution in [0.5, 0.6) is 0 Å². The number of hydrogen-bond donors (Lipinski definition) is 0. The first-order chi connectivity index (χ1) is 15.2. The van der Waals surface area contributed by atoms with E-state index in [9.17, 15) is 13.2 Å². The fourth-order valence-corrected chi connectivity index (χ4v) is 6.12. The average molecular weight is 492 g/mol. The van der Waals surface area contributed by atoms with Gasteiger partial charge in [0.2, 0.25) is 10.0 Å². The fourth-order valence-electron chi connectivity index (χ4n) is 3.96. The van der Waals surface area contributed by atoms with Gasteiger partial charge in [0, 0.05) is 53.8 Å². The minimum absolute atomic E-state index is 0.0161. The molecule has 1 aliphatic heterocycles. The van der Waals surface area contributed by atoms with Crippen molar-refractivity contribution in [1.29, 1.82) is 0 Å². The Hall–Kier alpha value is -2.32. The number of amides is 1. The molecule has 0 aliphatic carbocycles. The van der Waals surface area contributed by atoms with Crippen molar-refractivity contribution in [2.45, 2.75) is 18.7 Å². The summed E-state index contributed by atoms with van der Waals surface area (Å²) >= 11 is 12.1. The van der Waals surface area contributed by atoms with Crippen LogP contribution in [0.25, 0.3) is 5.69 Å². The zero-order chi connectivity index (χ0) is 23.0. The van der Waals surface area contributed by atoms with Crippen LogP contribution in [0.1, 0.15) is 21.7 Å². The monoisotopic (exact) mass is 491 g/mol. The van der Waals surface area contributed by atoms with E-state index in [0.29, 0.717) is 23.7 Å². The third-order valence-electron chi connectivity index (χ3n) is 5.68. The Balaban J connectivity index is 1.45. The highest BCUT2D eigenvalue weighted by Gasteiger charge is 2.32. The Kier molecular flexibility index (Phi) is 6.36. The average Bonchev–Trinajstić information content (AvgIpc) is 3.13. The minimum Gasteiger partial charge on any atom is -0.336 e. The van der Waals surface area contributed by atoms with Crippen molar-refractivity contribution < 1.29 is 13.2 Å². The third-order valence-corrected chi connectivity index (χ3v) is 8.30. The predicted molar refractivity (Wildman–Crippen MR) is 126 cm³/mol. The molecule has 1 amide bonds. The second-order valence-electron chi connectivity index (χ2n) is 7.77. The summed E-state index contributed by atoms with van der Waals surface area (Å²) in [6, 6.07) is 15.9. The fraction of sp³-hybridized carbons (Fsp3) is 0.261. The second-order valence-corrected chi connectivity index (χ2v) is 10.5. The Morgan fingerprint density at radius 1 is 0.844 bits per heavy atom. The maximum absolute atomic E-state index is 13.0. The summed E-state index contributed by atoms with van der Waals surface area (Å²) in [6.07, 6.45) is 0. The van der Waals surface area contributed by atoms with E-state index in [4.69, 9.17) is 23.2 Å². The molecule has 0 bridgehead atoms. The molecule has 0 saturated carbocycles. The molecule has 9 heteroatoms. The van der Waals surface area contributed by atoms with Gasteiger partial charge in [-0.15, -0.1) is 0 Å². The van der Waals surface area contributed by atoms with E-state index in [-0.39, 0.29) is 28.9 Å². The number of carbonyl (C=O) groups is 1. The molecule has 0 spiro atoms. The van der Waals surface area contributed by atoms with E-state index in [2.05, 4.69) is 16.7 Å². The van der Waals surface area contributed by atoms with E-state index in [0.717, 1.165) is 17.1 Å². The van der Waals surface area contributed by atoms with Crippen LogP contribution in [-0.4, -0.2) is 54.3 Å². The van der Waals surface area contributed by atoms with Gasteiger partial charge in [0.1, 0.15) is 4.90 Å². The summed E-state index contributed by atoms with van der Waals surface area (Å²) in [5, 5.41) is 0.427. The van der Waals surface area contributed by atoms with Gasteiger partial charge in [0.25, 0.3) is 5.91 Å². The molecule has 1 saturated heterocycles. The molecule has 1 aliphatic rings. The Bertz CT molecular complexity index is 1240. The van der Waals surface area contributed by atoms with E-state index < -0.39 is 10.0 Å². The molecule has 168 valence electrons. The van der Waals surface area contributed by atoms with Crippen LogP contribution >= 0.6 is 23.2 Å². The number of piperazine rings is 1. The van der Waals surface area contributed by atoms with Crippen molar-refractivity contribution >= 4 is 39.1 Å². The molecule has 3 aromatic rings. The van der Waals surface area contributed by atoms with Crippen molar-refractivity contribution in [3.05, 3.63) is 81.6 Å². The zero-order valence-electron chi connectivity index (χ0n) is 17.8. The van der Waals surface area contributed by atoms with E-state index in [1.165, 1.54) is 16.4 Å². The van der Waals surface area contributed by atoms with Crippen molar-refractivity contribution in [1.82, 2.24) is 13.8 Å². The Labute approximate surface area is 198 Å². The van der Waals surface area contributed by atoms with Crippen LogP contribution in [0.15, 0.2) is 59.5 Å². The smallest absolute Gasteiger partial charge is 0.253 e. The molecule has 4 rings (SSSR count). The summed E-state index contributed by atoms with van der Waals surface area (Å²) < 4.78 is 29.4. The van der Waals surface area contributed by atoms with Gasteiger partial charge in [-0.05, 0) is 68.4 Å². The quantitative estimate of drug-likeness (QED) is 0.537. The van der Waals surface area contributed by atoms with Crippen LogP contribution in [-0.2, 0) is 10.0 Å². The summed E-state index contributed by atoms with van der Waals surface area (Å²) in [5.74, 6) is -0.115. The lowest BCUT2D eigenvalue weighted by Crippen LogP contribution is -2.50. The first-order valence-electron chi connectivity index (χ1n) is 10.2. The lowest BCUT2D eigenvalue weighted by molar-refractivity contribution is 0.0698. The van der Waals surface area contributed by atoms with Gasteiger partial charge >= 0.3 is 0 Å². The van der Waals surface area contributed by atoms with Crippen LogP contribution in [0.3, 0.4) is 0 Å². The van der Waals surface area contributed by atoms with Crippen molar-refractivity contribution in [3.8, 4) is 5.69 Å². The second kappa shape index (κ2) is 8.90. The number of halogens is 2. The number of aromatic nitrogens is 1. The summed E-state index contributed by atoms with van der Waals surface area (Å²) in [4.78, 5) is 14.6. The van der Waals surface area contributed by atoms with Crippen LogP contribution < -0.4 is 0 Å². The highest BCUT2D eigenvalue weighted by atomic mass is 35.5. The van der Waals surface area contributed by atoms with Crippen molar-refractivity contribution in [2.75, 3.05) is 26.2 Å². The highest BCUT2D eigenvalue weighted by molar-refractivity contribution is 7.89. The molecular weight excluding hydrogens is 469 g/mol. The molecule has 0 radical (unpaired) electrons. The van der Waals surface area contributed by atoms with Gasteiger partial charge in [-0.1, -0.05) is 23.2 Å². The molecule has 0 N–H and O–H groups in total. The van der Waals surface area contributed by atoms with Crippen LogP contribution in [0, 0.1) is 13.8 Å². The Morgan fingerprint density at radius 3 is 2.03 bits per heavy atom. The molecule has 6 nitrogen and oxygen atoms in total. The molecule has 32 heavy (non-hydrogen) atoms. The van der Waals surface area contributed by atoms with Gasteiger partial charge in [-0.2, -0.15) is 4.31 Å². The lowest BCUT2D eigenvalue weighted by Gasteiger charge is -2.34. The normalized spacial score (nSPS) is 15.2. The summed E-state index contributed by atoms with van der Waals surface area (Å²) in [7, 11) is -3.79. The number of aryl methyl sites for hydroxylation is 2. The molecule has 1 fully saturated rings. The van der Waals surface area contributed by atoms with Crippen molar-refractivity contribution in [2.24, 2.45) is 0 Å². The Morgan fingerprint density at radius 2 is 1.44 bits per heavy atom. The summed E-state index contributed by atoms with van der Waals surface area (Å²) in [5.41, 5.74) is 3.82.